The fourth-order valence-corrected chi connectivity index (χ4v) is 1.57. The minimum Gasteiger partial charge on any atom is -0.211 e. The summed E-state index contributed by atoms with van der Waals surface area (Å²) in [6.45, 7) is 6.43. The van der Waals surface area contributed by atoms with Gasteiger partial charge in [-0.05, 0) is 12.3 Å². The third-order valence-electron chi connectivity index (χ3n) is 2.59. The van der Waals surface area contributed by atoms with Crippen LogP contribution in [0, 0.1) is 5.92 Å². The van der Waals surface area contributed by atoms with Crippen molar-refractivity contribution in [2.24, 2.45) is 10.9 Å². The fourth-order valence-electron chi connectivity index (χ4n) is 1.57. The van der Waals surface area contributed by atoms with Crippen LogP contribution in [0.25, 0.3) is 0 Å². The van der Waals surface area contributed by atoms with Crippen molar-refractivity contribution in [1.29, 1.82) is 0 Å². The Balaban J connectivity index is 3.56. The third-order valence-corrected chi connectivity index (χ3v) is 2.59. The van der Waals surface area contributed by atoms with E-state index >= 15 is 0 Å². The van der Waals surface area contributed by atoms with Crippen molar-refractivity contribution in [3.05, 3.63) is 0 Å². The van der Waals surface area contributed by atoms with Gasteiger partial charge < -0.3 is 0 Å². The van der Waals surface area contributed by atoms with Gasteiger partial charge in [0.05, 0.1) is 6.04 Å². The van der Waals surface area contributed by atoms with Gasteiger partial charge in [-0.25, -0.2) is 9.79 Å². The van der Waals surface area contributed by atoms with Gasteiger partial charge in [0.1, 0.15) is 0 Å². The molecule has 0 saturated carbocycles. The molecule has 0 rings (SSSR count). The van der Waals surface area contributed by atoms with Crippen LogP contribution in [0.5, 0.6) is 0 Å². The Morgan fingerprint density at radius 3 is 2.29 bits per heavy atom. The molecule has 0 aliphatic rings. The summed E-state index contributed by atoms with van der Waals surface area (Å²) in [7, 11) is 0. The molecule has 0 spiro atoms. The molecule has 82 valence electrons. The molecular formula is C12H23NO. The molecule has 0 aromatic heterocycles. The van der Waals surface area contributed by atoms with E-state index in [2.05, 4.69) is 25.8 Å². The minimum absolute atomic E-state index is 0.189. The average molecular weight is 197 g/mol. The summed E-state index contributed by atoms with van der Waals surface area (Å²) < 4.78 is 0. The number of unbranched alkanes of at least 4 members (excludes halogenated alkanes) is 4. The Labute approximate surface area is 87.8 Å². The van der Waals surface area contributed by atoms with Crippen LogP contribution in [-0.4, -0.2) is 12.1 Å². The van der Waals surface area contributed by atoms with Crippen molar-refractivity contribution in [1.82, 2.24) is 0 Å². The van der Waals surface area contributed by atoms with Crippen molar-refractivity contribution < 1.29 is 4.79 Å². The van der Waals surface area contributed by atoms with E-state index in [0.717, 1.165) is 6.42 Å². The molecule has 1 unspecified atom stereocenters. The normalized spacial score (nSPS) is 12.6. The number of hydrogen-bond donors (Lipinski definition) is 0. The first-order valence-corrected chi connectivity index (χ1v) is 5.79. The molecule has 0 aromatic carbocycles. The van der Waals surface area contributed by atoms with Gasteiger partial charge in [0.2, 0.25) is 6.08 Å². The number of hydrogen-bond acceptors (Lipinski definition) is 2. The van der Waals surface area contributed by atoms with E-state index in [-0.39, 0.29) is 6.04 Å². The molecule has 1 atom stereocenters. The average Bonchev–Trinajstić information content (AvgIpc) is 2.15. The molecule has 0 heterocycles. The van der Waals surface area contributed by atoms with Gasteiger partial charge in [-0.2, -0.15) is 0 Å². The molecule has 0 aromatic rings. The lowest BCUT2D eigenvalue weighted by Crippen LogP contribution is -2.12. The zero-order valence-corrected chi connectivity index (χ0v) is 9.75. The van der Waals surface area contributed by atoms with Gasteiger partial charge >= 0.3 is 0 Å². The second kappa shape index (κ2) is 8.96. The minimum atomic E-state index is 0.189. The van der Waals surface area contributed by atoms with Gasteiger partial charge in [0.25, 0.3) is 0 Å². The largest absolute Gasteiger partial charge is 0.235 e. The molecule has 2 nitrogen and oxygen atoms in total. The van der Waals surface area contributed by atoms with Gasteiger partial charge in [-0.15, -0.1) is 0 Å². The number of nitrogens with zero attached hydrogens (tertiary/aromatic N) is 1. The molecule has 0 aliphatic carbocycles. The topological polar surface area (TPSA) is 29.4 Å². The first kappa shape index (κ1) is 13.4. The van der Waals surface area contributed by atoms with Crippen LogP contribution in [0.1, 0.15) is 59.3 Å². The van der Waals surface area contributed by atoms with Crippen LogP contribution < -0.4 is 0 Å². The van der Waals surface area contributed by atoms with E-state index in [1.54, 1.807) is 6.08 Å². The summed E-state index contributed by atoms with van der Waals surface area (Å²) in [5.41, 5.74) is 0. The van der Waals surface area contributed by atoms with E-state index in [4.69, 9.17) is 0 Å². The summed E-state index contributed by atoms with van der Waals surface area (Å²) in [5.74, 6) is 0.461. The maximum absolute atomic E-state index is 10.2. The molecule has 0 aliphatic heterocycles. The summed E-state index contributed by atoms with van der Waals surface area (Å²) in [6.07, 6.45) is 9.08. The standard InChI is InChI=1S/C12H23NO/c1-4-5-6-7-8-9-12(11(2)3)13-10-14/h11-12H,4-9H2,1-3H3. The van der Waals surface area contributed by atoms with Gasteiger partial charge in [-0.3, -0.25) is 0 Å². The molecule has 0 N–H and O–H groups in total. The zero-order valence-electron chi connectivity index (χ0n) is 9.75. The number of rotatable bonds is 8. The highest BCUT2D eigenvalue weighted by Gasteiger charge is 2.10. The Kier molecular flexibility index (Phi) is 8.56. The van der Waals surface area contributed by atoms with E-state index in [1.165, 1.54) is 32.1 Å². The van der Waals surface area contributed by atoms with E-state index in [9.17, 15) is 4.79 Å². The number of aliphatic imine (C=N–C) groups is 1. The van der Waals surface area contributed by atoms with E-state index in [0.29, 0.717) is 5.92 Å². The van der Waals surface area contributed by atoms with Crippen molar-refractivity contribution in [2.75, 3.05) is 0 Å². The lowest BCUT2D eigenvalue weighted by atomic mass is 9.98. The van der Waals surface area contributed by atoms with Crippen molar-refractivity contribution in [3.63, 3.8) is 0 Å². The van der Waals surface area contributed by atoms with Crippen LogP contribution in [0.2, 0.25) is 0 Å². The first-order chi connectivity index (χ1) is 6.72. The zero-order chi connectivity index (χ0) is 10.8. The highest BCUT2D eigenvalue weighted by atomic mass is 16.1. The summed E-state index contributed by atoms with van der Waals surface area (Å²) in [5, 5.41) is 0. The smallest absolute Gasteiger partial charge is 0.211 e. The third kappa shape index (κ3) is 6.85. The van der Waals surface area contributed by atoms with Crippen LogP contribution in [0.4, 0.5) is 0 Å². The van der Waals surface area contributed by atoms with Gasteiger partial charge in [-0.1, -0.05) is 52.9 Å². The molecule has 2 heteroatoms. The van der Waals surface area contributed by atoms with Crippen LogP contribution in [0.15, 0.2) is 4.99 Å². The lowest BCUT2D eigenvalue weighted by Gasteiger charge is -2.13. The molecule has 14 heavy (non-hydrogen) atoms. The van der Waals surface area contributed by atoms with Crippen molar-refractivity contribution in [2.45, 2.75) is 65.3 Å². The maximum Gasteiger partial charge on any atom is 0.235 e. The SMILES string of the molecule is CCCCCCCC(N=C=O)C(C)C. The summed E-state index contributed by atoms with van der Waals surface area (Å²) in [4.78, 5) is 14.0. The molecule has 0 bridgehead atoms. The highest BCUT2D eigenvalue weighted by molar-refractivity contribution is 5.33. The number of carbonyl (C=O) groups excluding carboxylic acids is 1. The second-order valence-corrected chi connectivity index (χ2v) is 4.23. The Hall–Kier alpha value is -0.620. The molecular weight excluding hydrogens is 174 g/mol. The predicted molar refractivity (Wildman–Crippen MR) is 60.1 cm³/mol. The van der Waals surface area contributed by atoms with Crippen molar-refractivity contribution >= 4 is 6.08 Å². The Morgan fingerprint density at radius 1 is 1.14 bits per heavy atom. The molecule has 0 saturated heterocycles. The van der Waals surface area contributed by atoms with Gasteiger partial charge in [0.15, 0.2) is 0 Å². The predicted octanol–water partition coefficient (Wildman–Crippen LogP) is 3.71. The maximum atomic E-state index is 10.2. The molecule has 0 amide bonds. The quantitative estimate of drug-likeness (QED) is 0.331. The summed E-state index contributed by atoms with van der Waals surface area (Å²) in [6, 6.07) is 0.189. The molecule has 0 radical (unpaired) electrons. The second-order valence-electron chi connectivity index (χ2n) is 4.23. The van der Waals surface area contributed by atoms with Crippen LogP contribution in [0.3, 0.4) is 0 Å². The highest BCUT2D eigenvalue weighted by Crippen LogP contribution is 2.15. The molecule has 0 fully saturated rings. The van der Waals surface area contributed by atoms with E-state index < -0.39 is 0 Å². The van der Waals surface area contributed by atoms with Crippen molar-refractivity contribution in [3.8, 4) is 0 Å². The summed E-state index contributed by atoms with van der Waals surface area (Å²) >= 11 is 0. The monoisotopic (exact) mass is 197 g/mol. The first-order valence-electron chi connectivity index (χ1n) is 5.79. The van der Waals surface area contributed by atoms with E-state index in [1.807, 2.05) is 0 Å². The van der Waals surface area contributed by atoms with Gasteiger partial charge in [0, 0.05) is 0 Å². The number of isocyanates is 1. The Morgan fingerprint density at radius 2 is 1.79 bits per heavy atom. The van der Waals surface area contributed by atoms with Crippen LogP contribution >= 0.6 is 0 Å². The lowest BCUT2D eigenvalue weighted by molar-refractivity contribution is 0.438. The van der Waals surface area contributed by atoms with Crippen LogP contribution in [-0.2, 0) is 4.79 Å². The Bertz CT molecular complexity index is 171. The fraction of sp³-hybridized carbons (Fsp3) is 0.917.